The zero-order valence-electron chi connectivity index (χ0n) is 26.4. The number of nitrogens with one attached hydrogen (secondary N) is 1. The molecule has 1 aromatic heterocycles. The van der Waals surface area contributed by atoms with Crippen LogP contribution in [0.25, 0.3) is 22.2 Å². The molecule has 0 aliphatic carbocycles. The molecule has 4 aromatic carbocycles. The maximum absolute atomic E-state index is 13.0. The SMILES string of the molecule is O=C(NCc1ccccc1-c1ccc([C@@H]2O[C@H](CN3CCCCC3)C[C@H](c3ccc(CO)cc3)O2)cc1)c1cnc2ccccc2n1. The van der Waals surface area contributed by atoms with Crippen molar-refractivity contribution >= 4 is 16.9 Å². The second-order valence-corrected chi connectivity index (χ2v) is 12.4. The number of nitrogens with zero attached hydrogens (tertiary/aromatic N) is 3. The number of benzene rings is 4. The number of carbonyl (C=O) groups is 1. The zero-order chi connectivity index (χ0) is 32.0. The molecule has 2 saturated heterocycles. The number of aromatic nitrogens is 2. The van der Waals surface area contributed by atoms with Crippen LogP contribution in [0.1, 0.15) is 70.8 Å². The molecule has 0 unspecified atom stereocenters. The number of para-hydroxylation sites is 2. The van der Waals surface area contributed by atoms with Gasteiger partial charge in [-0.05, 0) is 65.9 Å². The van der Waals surface area contributed by atoms with E-state index in [1.807, 2.05) is 54.6 Å². The Kier molecular flexibility index (Phi) is 9.63. The summed E-state index contributed by atoms with van der Waals surface area (Å²) in [6.07, 6.45) is 5.53. The molecule has 2 fully saturated rings. The second-order valence-electron chi connectivity index (χ2n) is 12.4. The molecule has 0 bridgehead atoms. The molecule has 2 N–H and O–H groups in total. The van der Waals surface area contributed by atoms with E-state index < -0.39 is 6.29 Å². The highest BCUT2D eigenvalue weighted by atomic mass is 16.7. The van der Waals surface area contributed by atoms with Gasteiger partial charge in [-0.15, -0.1) is 0 Å². The molecule has 5 aromatic rings. The van der Waals surface area contributed by atoms with E-state index >= 15 is 0 Å². The molecule has 47 heavy (non-hydrogen) atoms. The van der Waals surface area contributed by atoms with Gasteiger partial charge in [-0.2, -0.15) is 0 Å². The second kappa shape index (κ2) is 14.5. The number of hydrogen-bond donors (Lipinski definition) is 2. The molecule has 8 heteroatoms. The summed E-state index contributed by atoms with van der Waals surface area (Å²) in [5.41, 5.74) is 7.78. The van der Waals surface area contributed by atoms with Crippen LogP contribution in [0, 0.1) is 0 Å². The van der Waals surface area contributed by atoms with Crippen molar-refractivity contribution in [1.29, 1.82) is 0 Å². The van der Waals surface area contributed by atoms with E-state index in [2.05, 4.69) is 62.6 Å². The minimum absolute atomic E-state index is 0.0239. The average Bonchev–Trinajstić information content (AvgIpc) is 3.14. The smallest absolute Gasteiger partial charge is 0.271 e. The van der Waals surface area contributed by atoms with Gasteiger partial charge in [-0.1, -0.05) is 91.3 Å². The third-order valence-electron chi connectivity index (χ3n) is 9.16. The molecule has 0 spiro atoms. The topological polar surface area (TPSA) is 96.8 Å². The Bertz CT molecular complexity index is 1800. The highest BCUT2D eigenvalue weighted by Crippen LogP contribution is 2.39. The normalized spacial score (nSPS) is 20.2. The largest absolute Gasteiger partial charge is 0.392 e. The Balaban J connectivity index is 1.07. The standard InChI is InChI=1S/C39H40N4O4/c44-26-27-12-14-29(15-13-27)37-22-32(25-43-20-6-1-7-21-43)46-39(47-37)30-18-16-28(17-19-30)33-9-3-2-8-31(33)23-41-38(45)36-24-40-34-10-4-5-11-35(34)42-36/h2-5,8-19,24,32,37,39,44H,1,6-7,20-23,25-26H2,(H,41,45)/t32-,37+,39+/m0/s1. The highest BCUT2D eigenvalue weighted by molar-refractivity contribution is 5.93. The number of piperidine rings is 1. The van der Waals surface area contributed by atoms with Crippen LogP contribution in [0.2, 0.25) is 0 Å². The van der Waals surface area contributed by atoms with Gasteiger partial charge in [0.2, 0.25) is 0 Å². The summed E-state index contributed by atoms with van der Waals surface area (Å²) in [7, 11) is 0. The van der Waals surface area contributed by atoms with E-state index in [1.165, 1.54) is 25.5 Å². The van der Waals surface area contributed by atoms with Crippen molar-refractivity contribution in [2.45, 2.75) is 57.3 Å². The molecular weight excluding hydrogens is 588 g/mol. The molecule has 1 amide bonds. The van der Waals surface area contributed by atoms with Crippen LogP contribution in [0.15, 0.2) is 103 Å². The Hall–Kier alpha value is -4.47. The van der Waals surface area contributed by atoms with Crippen molar-refractivity contribution in [2.24, 2.45) is 0 Å². The number of likely N-dealkylation sites (tertiary alicyclic amines) is 1. The summed E-state index contributed by atoms with van der Waals surface area (Å²) in [4.78, 5) is 24.4. The first kappa shape index (κ1) is 31.1. The monoisotopic (exact) mass is 628 g/mol. The molecule has 3 heterocycles. The zero-order valence-corrected chi connectivity index (χ0v) is 26.4. The number of aliphatic hydroxyl groups is 1. The van der Waals surface area contributed by atoms with Gasteiger partial charge >= 0.3 is 0 Å². The lowest BCUT2D eigenvalue weighted by molar-refractivity contribution is -0.253. The van der Waals surface area contributed by atoms with Gasteiger partial charge in [0.15, 0.2) is 6.29 Å². The fourth-order valence-corrected chi connectivity index (χ4v) is 6.57. The van der Waals surface area contributed by atoms with Crippen LogP contribution in [-0.4, -0.2) is 51.6 Å². The van der Waals surface area contributed by atoms with Crippen LogP contribution in [-0.2, 0) is 22.6 Å². The Morgan fingerprint density at radius 2 is 1.55 bits per heavy atom. The molecular formula is C39H40N4O4. The first-order valence-electron chi connectivity index (χ1n) is 16.5. The maximum atomic E-state index is 13.0. The maximum Gasteiger partial charge on any atom is 0.271 e. The quantitative estimate of drug-likeness (QED) is 0.186. The fraction of sp³-hybridized carbons (Fsp3) is 0.308. The first-order valence-corrected chi connectivity index (χ1v) is 16.5. The number of rotatable bonds is 9. The molecule has 7 rings (SSSR count). The summed E-state index contributed by atoms with van der Waals surface area (Å²) in [6, 6.07) is 32.0. The summed E-state index contributed by atoms with van der Waals surface area (Å²) in [6.45, 7) is 3.51. The lowest BCUT2D eigenvalue weighted by atomic mass is 9.97. The summed E-state index contributed by atoms with van der Waals surface area (Å²) >= 11 is 0. The van der Waals surface area contributed by atoms with Crippen molar-refractivity contribution in [3.8, 4) is 11.1 Å². The number of fused-ring (bicyclic) bond motifs is 1. The first-order chi connectivity index (χ1) is 23.1. The molecule has 8 nitrogen and oxygen atoms in total. The van der Waals surface area contributed by atoms with E-state index in [9.17, 15) is 9.90 Å². The summed E-state index contributed by atoms with van der Waals surface area (Å²) < 4.78 is 13.2. The lowest BCUT2D eigenvalue weighted by Gasteiger charge is -2.39. The van der Waals surface area contributed by atoms with Crippen molar-refractivity contribution in [3.05, 3.63) is 131 Å². The van der Waals surface area contributed by atoms with Crippen LogP contribution >= 0.6 is 0 Å². The van der Waals surface area contributed by atoms with E-state index in [4.69, 9.17) is 9.47 Å². The van der Waals surface area contributed by atoms with E-state index in [0.717, 1.165) is 65.0 Å². The predicted molar refractivity (Wildman–Crippen MR) is 181 cm³/mol. The number of hydrogen-bond acceptors (Lipinski definition) is 7. The van der Waals surface area contributed by atoms with Crippen LogP contribution in [0.3, 0.4) is 0 Å². The number of carbonyl (C=O) groups excluding carboxylic acids is 1. The van der Waals surface area contributed by atoms with Gasteiger partial charge in [0.1, 0.15) is 5.69 Å². The minimum atomic E-state index is -0.493. The van der Waals surface area contributed by atoms with Gasteiger partial charge in [0.25, 0.3) is 5.91 Å². The average molecular weight is 629 g/mol. The van der Waals surface area contributed by atoms with E-state index in [1.54, 1.807) is 0 Å². The van der Waals surface area contributed by atoms with Gasteiger partial charge in [-0.3, -0.25) is 9.78 Å². The van der Waals surface area contributed by atoms with Crippen molar-refractivity contribution < 1.29 is 19.4 Å². The van der Waals surface area contributed by atoms with Crippen molar-refractivity contribution in [2.75, 3.05) is 19.6 Å². The molecule has 0 radical (unpaired) electrons. The molecule has 240 valence electrons. The number of amides is 1. The van der Waals surface area contributed by atoms with Crippen LogP contribution in [0.5, 0.6) is 0 Å². The van der Waals surface area contributed by atoms with Gasteiger partial charge < -0.3 is 24.8 Å². The summed E-state index contributed by atoms with van der Waals surface area (Å²) in [5.74, 6) is -0.264. The van der Waals surface area contributed by atoms with Gasteiger partial charge in [-0.25, -0.2) is 4.98 Å². The Morgan fingerprint density at radius 3 is 2.34 bits per heavy atom. The molecule has 3 atom stereocenters. The minimum Gasteiger partial charge on any atom is -0.392 e. The Morgan fingerprint density at radius 1 is 0.830 bits per heavy atom. The molecule has 0 saturated carbocycles. The Labute approximate surface area is 275 Å². The van der Waals surface area contributed by atoms with Crippen molar-refractivity contribution in [3.63, 3.8) is 0 Å². The molecule has 2 aliphatic rings. The molecule has 2 aliphatic heterocycles. The number of ether oxygens (including phenoxy) is 2. The third-order valence-corrected chi connectivity index (χ3v) is 9.16. The van der Waals surface area contributed by atoms with Gasteiger partial charge in [0.05, 0.1) is 36.0 Å². The highest BCUT2D eigenvalue weighted by Gasteiger charge is 2.33. The summed E-state index contributed by atoms with van der Waals surface area (Å²) in [5, 5.41) is 12.5. The third kappa shape index (κ3) is 7.42. The van der Waals surface area contributed by atoms with E-state index in [-0.39, 0.29) is 24.7 Å². The van der Waals surface area contributed by atoms with Crippen molar-refractivity contribution in [1.82, 2.24) is 20.2 Å². The van der Waals surface area contributed by atoms with E-state index in [0.29, 0.717) is 17.8 Å². The number of aliphatic hydroxyl groups excluding tert-OH is 1. The van der Waals surface area contributed by atoms with Crippen LogP contribution in [0.4, 0.5) is 0 Å². The van der Waals surface area contributed by atoms with Gasteiger partial charge in [0, 0.05) is 25.1 Å². The predicted octanol–water partition coefficient (Wildman–Crippen LogP) is 6.75. The fourth-order valence-electron chi connectivity index (χ4n) is 6.57. The van der Waals surface area contributed by atoms with Crippen LogP contribution < -0.4 is 5.32 Å². The lowest BCUT2D eigenvalue weighted by Crippen LogP contribution is -2.41.